The third-order valence-electron chi connectivity index (χ3n) is 5.63. The molecule has 0 saturated heterocycles. The number of hydrogen-bond donors (Lipinski definition) is 1. The molecule has 0 bridgehead atoms. The van der Waals surface area contributed by atoms with Crippen LogP contribution in [0.1, 0.15) is 30.2 Å². The molecule has 0 saturated carbocycles. The second kappa shape index (κ2) is 6.81. The lowest BCUT2D eigenvalue weighted by atomic mass is 10.1. The zero-order chi connectivity index (χ0) is 20.1. The van der Waals surface area contributed by atoms with Crippen LogP contribution >= 0.6 is 11.3 Å². The Hall–Kier alpha value is -3.00. The monoisotopic (exact) mass is 408 g/mol. The highest BCUT2D eigenvalue weighted by atomic mass is 32.1. The summed E-state index contributed by atoms with van der Waals surface area (Å²) in [5, 5.41) is 3.52. The maximum Gasteiger partial charge on any atom is 0.262 e. The largest absolute Gasteiger partial charge is 0.324 e. The first-order chi connectivity index (χ1) is 14.0. The Balaban J connectivity index is 1.53. The lowest BCUT2D eigenvalue weighted by molar-refractivity contribution is -0.120. The lowest BCUT2D eigenvalue weighted by Gasteiger charge is -2.28. The van der Waals surface area contributed by atoms with Crippen molar-refractivity contribution >= 4 is 44.7 Å². The topological polar surface area (TPSA) is 84.3 Å². The summed E-state index contributed by atoms with van der Waals surface area (Å²) in [6.07, 6.45) is 4.62. The Kier molecular flexibility index (Phi) is 4.24. The minimum atomic E-state index is -0.316. The van der Waals surface area contributed by atoms with Gasteiger partial charge in [-0.25, -0.2) is 4.98 Å². The van der Waals surface area contributed by atoms with E-state index >= 15 is 0 Å². The molecule has 1 aliphatic heterocycles. The molecule has 2 amide bonds. The van der Waals surface area contributed by atoms with Crippen LogP contribution in [0.25, 0.3) is 10.2 Å². The second-order valence-electron chi connectivity index (χ2n) is 7.60. The van der Waals surface area contributed by atoms with Crippen molar-refractivity contribution < 1.29 is 9.59 Å². The summed E-state index contributed by atoms with van der Waals surface area (Å²) >= 11 is 1.58. The first-order valence-electron chi connectivity index (χ1n) is 9.73. The molecule has 148 valence electrons. The molecule has 5 rings (SSSR count). The molecule has 1 unspecified atom stereocenters. The van der Waals surface area contributed by atoms with Gasteiger partial charge in [-0.3, -0.25) is 19.0 Å². The van der Waals surface area contributed by atoms with Gasteiger partial charge in [-0.2, -0.15) is 0 Å². The van der Waals surface area contributed by atoms with Crippen LogP contribution in [0.5, 0.6) is 0 Å². The Morgan fingerprint density at radius 1 is 1.28 bits per heavy atom. The first kappa shape index (κ1) is 18.1. The number of amides is 2. The summed E-state index contributed by atoms with van der Waals surface area (Å²) in [6, 6.07) is 6.92. The summed E-state index contributed by atoms with van der Waals surface area (Å²) < 4.78 is 1.39. The van der Waals surface area contributed by atoms with E-state index < -0.39 is 0 Å². The highest BCUT2D eigenvalue weighted by Gasteiger charge is 2.30. The predicted octanol–water partition coefficient (Wildman–Crippen LogP) is 2.71. The number of carbonyl (C=O) groups excluding carboxylic acids is 2. The second-order valence-corrected chi connectivity index (χ2v) is 8.68. The van der Waals surface area contributed by atoms with Crippen molar-refractivity contribution in [1.29, 1.82) is 0 Å². The van der Waals surface area contributed by atoms with Crippen LogP contribution in [0, 0.1) is 0 Å². The zero-order valence-electron chi connectivity index (χ0n) is 16.0. The fourth-order valence-corrected chi connectivity index (χ4v) is 5.54. The Labute approximate surface area is 171 Å². The fraction of sp³-hybridized carbons (Fsp3) is 0.333. The van der Waals surface area contributed by atoms with Crippen LogP contribution in [0.2, 0.25) is 0 Å². The molecule has 3 aromatic rings. The molecule has 2 aliphatic rings. The molecule has 0 spiro atoms. The van der Waals surface area contributed by atoms with Crippen molar-refractivity contribution in [3.05, 3.63) is 51.4 Å². The number of rotatable bonds is 2. The van der Waals surface area contributed by atoms with Crippen LogP contribution in [0.3, 0.4) is 0 Å². The van der Waals surface area contributed by atoms with Gasteiger partial charge in [0.15, 0.2) is 0 Å². The minimum absolute atomic E-state index is 0.112. The third kappa shape index (κ3) is 2.95. The minimum Gasteiger partial charge on any atom is -0.324 e. The van der Waals surface area contributed by atoms with Crippen molar-refractivity contribution in [2.75, 3.05) is 10.2 Å². The number of nitrogens with one attached hydrogen (secondary N) is 1. The fourth-order valence-electron chi connectivity index (χ4n) is 4.32. The van der Waals surface area contributed by atoms with Gasteiger partial charge in [0.1, 0.15) is 11.4 Å². The standard InChI is InChI=1S/C21H20N4O3S/c1-12-9-17(26)23-14-6-2-3-7-15(14)25(12)18(27)10-24-11-22-20-19(21(24)28)13-5-4-8-16(13)29-20/h2-3,6-7,11-12H,4-5,8-10H2,1H3,(H,23,26). The number of fused-ring (bicyclic) bond motifs is 4. The number of benzene rings is 1. The van der Waals surface area contributed by atoms with Gasteiger partial charge in [0.05, 0.1) is 23.1 Å². The van der Waals surface area contributed by atoms with Gasteiger partial charge in [0, 0.05) is 17.3 Å². The predicted molar refractivity (Wildman–Crippen MR) is 113 cm³/mol. The van der Waals surface area contributed by atoms with Crippen LogP contribution in [0.4, 0.5) is 11.4 Å². The van der Waals surface area contributed by atoms with E-state index in [0.29, 0.717) is 16.8 Å². The van der Waals surface area contributed by atoms with E-state index in [0.717, 1.165) is 29.7 Å². The molecule has 1 atom stereocenters. The Morgan fingerprint density at radius 3 is 2.97 bits per heavy atom. The molecule has 29 heavy (non-hydrogen) atoms. The van der Waals surface area contributed by atoms with Crippen molar-refractivity contribution in [2.45, 2.75) is 45.2 Å². The van der Waals surface area contributed by atoms with E-state index in [1.165, 1.54) is 15.8 Å². The SMILES string of the molecule is CC1CC(=O)Nc2ccccc2N1C(=O)Cn1cnc2sc3c(c2c1=O)CCC3. The number of para-hydroxylation sites is 2. The maximum atomic E-state index is 13.3. The lowest BCUT2D eigenvalue weighted by Crippen LogP contribution is -2.42. The molecular formula is C21H20N4O3S. The quantitative estimate of drug-likeness (QED) is 0.707. The van der Waals surface area contributed by atoms with E-state index in [1.54, 1.807) is 22.3 Å². The summed E-state index contributed by atoms with van der Waals surface area (Å²) in [6.45, 7) is 1.73. The average Bonchev–Trinajstić information content (AvgIpc) is 3.23. The van der Waals surface area contributed by atoms with Gasteiger partial charge in [-0.1, -0.05) is 12.1 Å². The smallest absolute Gasteiger partial charge is 0.262 e. The number of thiophene rings is 1. The number of carbonyl (C=O) groups is 2. The number of hydrogen-bond acceptors (Lipinski definition) is 5. The van der Waals surface area contributed by atoms with E-state index in [1.807, 2.05) is 25.1 Å². The first-order valence-corrected chi connectivity index (χ1v) is 10.5. The summed E-state index contributed by atoms with van der Waals surface area (Å²) in [5.74, 6) is -0.370. The maximum absolute atomic E-state index is 13.3. The van der Waals surface area contributed by atoms with Gasteiger partial charge in [0.2, 0.25) is 11.8 Å². The summed E-state index contributed by atoms with van der Waals surface area (Å²) in [7, 11) is 0. The normalized spacial score (nSPS) is 18.3. The van der Waals surface area contributed by atoms with Gasteiger partial charge < -0.3 is 10.2 Å². The molecule has 3 heterocycles. The molecule has 0 fully saturated rings. The van der Waals surface area contributed by atoms with Crippen LogP contribution in [0.15, 0.2) is 35.4 Å². The van der Waals surface area contributed by atoms with Crippen LogP contribution in [-0.2, 0) is 29.0 Å². The highest BCUT2D eigenvalue weighted by molar-refractivity contribution is 7.18. The van der Waals surface area contributed by atoms with Gasteiger partial charge in [0.25, 0.3) is 5.56 Å². The molecule has 2 aromatic heterocycles. The summed E-state index contributed by atoms with van der Waals surface area (Å²) in [4.78, 5) is 46.6. The highest BCUT2D eigenvalue weighted by Crippen LogP contribution is 2.34. The molecule has 1 aromatic carbocycles. The Morgan fingerprint density at radius 2 is 2.10 bits per heavy atom. The Bertz CT molecular complexity index is 1210. The third-order valence-corrected chi connectivity index (χ3v) is 6.83. The van der Waals surface area contributed by atoms with E-state index in [4.69, 9.17) is 0 Å². The van der Waals surface area contributed by atoms with E-state index in [2.05, 4.69) is 10.3 Å². The van der Waals surface area contributed by atoms with Crippen molar-refractivity contribution in [3.63, 3.8) is 0 Å². The number of aryl methyl sites for hydroxylation is 2. The number of anilines is 2. The molecular weight excluding hydrogens is 388 g/mol. The van der Waals surface area contributed by atoms with Crippen molar-refractivity contribution in [1.82, 2.24) is 9.55 Å². The number of aromatic nitrogens is 2. The molecule has 8 heteroatoms. The molecule has 1 aliphatic carbocycles. The van der Waals surface area contributed by atoms with Gasteiger partial charge >= 0.3 is 0 Å². The van der Waals surface area contributed by atoms with Crippen molar-refractivity contribution in [2.24, 2.45) is 0 Å². The van der Waals surface area contributed by atoms with Crippen LogP contribution in [-0.4, -0.2) is 27.4 Å². The zero-order valence-corrected chi connectivity index (χ0v) is 16.8. The average molecular weight is 408 g/mol. The van der Waals surface area contributed by atoms with Crippen molar-refractivity contribution in [3.8, 4) is 0 Å². The molecule has 0 radical (unpaired) electrons. The van der Waals surface area contributed by atoms with E-state index in [-0.39, 0.29) is 36.4 Å². The van der Waals surface area contributed by atoms with Gasteiger partial charge in [-0.05, 0) is 43.9 Å². The molecule has 7 nitrogen and oxygen atoms in total. The number of nitrogens with zero attached hydrogens (tertiary/aromatic N) is 3. The van der Waals surface area contributed by atoms with Crippen LogP contribution < -0.4 is 15.8 Å². The van der Waals surface area contributed by atoms with Gasteiger partial charge in [-0.15, -0.1) is 11.3 Å². The van der Waals surface area contributed by atoms with E-state index in [9.17, 15) is 14.4 Å². The molecule has 1 N–H and O–H groups in total. The summed E-state index contributed by atoms with van der Waals surface area (Å²) in [5.41, 5.74) is 2.20.